The maximum atomic E-state index is 11.6. The zero-order valence-corrected chi connectivity index (χ0v) is 15.4. The third-order valence-corrected chi connectivity index (χ3v) is 4.91. The van der Waals surface area contributed by atoms with Crippen molar-refractivity contribution in [2.75, 3.05) is 36.8 Å². The van der Waals surface area contributed by atoms with Gasteiger partial charge in [-0.2, -0.15) is 0 Å². The number of aromatic amines is 1. The van der Waals surface area contributed by atoms with Gasteiger partial charge in [0.1, 0.15) is 5.82 Å². The molecule has 0 amide bonds. The quantitative estimate of drug-likeness (QED) is 0.411. The molecule has 0 radical (unpaired) electrons. The summed E-state index contributed by atoms with van der Waals surface area (Å²) in [5.41, 5.74) is 9.90. The lowest BCUT2D eigenvalue weighted by atomic mass is 9.97. The van der Waals surface area contributed by atoms with Crippen molar-refractivity contribution in [1.82, 2.24) is 15.3 Å². The lowest BCUT2D eigenvalue weighted by Crippen LogP contribution is -2.43. The van der Waals surface area contributed by atoms with Crippen LogP contribution in [-0.2, 0) is 0 Å². The molecule has 3 aromatic rings. The van der Waals surface area contributed by atoms with Gasteiger partial charge in [0.05, 0.1) is 5.71 Å². The summed E-state index contributed by atoms with van der Waals surface area (Å²) in [5, 5.41) is 12.0. The van der Waals surface area contributed by atoms with E-state index in [9.17, 15) is 4.79 Å². The van der Waals surface area contributed by atoms with Crippen LogP contribution >= 0.6 is 0 Å². The normalized spacial score (nSPS) is 14.1. The van der Waals surface area contributed by atoms with Crippen molar-refractivity contribution in [3.05, 3.63) is 76.3 Å². The Balaban J connectivity index is 1.68. The number of rotatable bonds is 4. The number of anilines is 2. The lowest BCUT2D eigenvalue weighted by Gasteiger charge is -2.28. The van der Waals surface area contributed by atoms with Gasteiger partial charge in [-0.05, 0) is 41.5 Å². The van der Waals surface area contributed by atoms with Crippen molar-refractivity contribution in [3.8, 4) is 11.1 Å². The minimum atomic E-state index is -0.166. The van der Waals surface area contributed by atoms with Gasteiger partial charge in [-0.1, -0.05) is 6.07 Å². The maximum Gasteiger partial charge on any atom is 0.248 e. The van der Waals surface area contributed by atoms with Gasteiger partial charge < -0.3 is 20.9 Å². The van der Waals surface area contributed by atoms with Crippen LogP contribution in [0.5, 0.6) is 0 Å². The molecule has 1 fully saturated rings. The number of piperazine rings is 1. The first-order chi connectivity index (χ1) is 13.6. The molecular formula is C21H22N6O. The highest BCUT2D eigenvalue weighted by Gasteiger charge is 2.15. The smallest absolute Gasteiger partial charge is 0.248 e. The summed E-state index contributed by atoms with van der Waals surface area (Å²) >= 11 is 0. The summed E-state index contributed by atoms with van der Waals surface area (Å²) in [6.45, 7) is 3.64. The van der Waals surface area contributed by atoms with Crippen LogP contribution < -0.4 is 21.5 Å². The van der Waals surface area contributed by atoms with Crippen molar-refractivity contribution >= 4 is 17.2 Å². The summed E-state index contributed by atoms with van der Waals surface area (Å²) in [6.07, 6.45) is 3.35. The van der Waals surface area contributed by atoms with Crippen molar-refractivity contribution in [1.29, 1.82) is 5.41 Å². The number of pyridine rings is 2. The van der Waals surface area contributed by atoms with E-state index in [1.165, 1.54) is 6.07 Å². The zero-order valence-electron chi connectivity index (χ0n) is 15.4. The largest absolute Gasteiger partial charge is 0.398 e. The van der Waals surface area contributed by atoms with E-state index < -0.39 is 0 Å². The van der Waals surface area contributed by atoms with E-state index in [1.54, 1.807) is 18.5 Å². The fraction of sp³-hybridized carbons (Fsp3) is 0.190. The second kappa shape index (κ2) is 7.66. The molecule has 0 saturated carbocycles. The average Bonchev–Trinajstić information content (AvgIpc) is 2.74. The van der Waals surface area contributed by atoms with E-state index in [0.717, 1.165) is 48.7 Å². The Kier molecular flexibility index (Phi) is 4.90. The third-order valence-electron chi connectivity index (χ3n) is 4.91. The molecule has 0 bridgehead atoms. The van der Waals surface area contributed by atoms with Crippen LogP contribution in [0, 0.1) is 5.41 Å². The molecule has 7 heteroatoms. The topological polar surface area (TPSA) is 111 Å². The van der Waals surface area contributed by atoms with Crippen molar-refractivity contribution < 1.29 is 0 Å². The first-order valence-corrected chi connectivity index (χ1v) is 9.21. The molecule has 3 heterocycles. The first kappa shape index (κ1) is 17.9. The highest BCUT2D eigenvalue weighted by Crippen LogP contribution is 2.25. The number of nitrogens with two attached hydrogens (primary N) is 1. The molecule has 1 aliphatic rings. The number of H-pyrrole nitrogens is 1. The maximum absolute atomic E-state index is 11.6. The standard InChI is InChI=1S/C21H22N6O/c22-18-2-1-14(15-3-6-26-20(28)13-15)11-17(18)21(23)16-4-5-25-19(12-16)27-9-7-24-8-10-27/h1-6,11-13,23-24H,7-10,22H2,(H,26,28). The minimum Gasteiger partial charge on any atom is -0.398 e. The Morgan fingerprint density at radius 1 is 1.07 bits per heavy atom. The number of benzene rings is 1. The van der Waals surface area contributed by atoms with Crippen LogP contribution in [0.3, 0.4) is 0 Å². The zero-order chi connectivity index (χ0) is 19.5. The second-order valence-electron chi connectivity index (χ2n) is 6.76. The van der Waals surface area contributed by atoms with Gasteiger partial charge in [0.25, 0.3) is 0 Å². The number of aromatic nitrogens is 2. The van der Waals surface area contributed by atoms with Gasteiger partial charge in [-0.15, -0.1) is 0 Å². The van der Waals surface area contributed by atoms with E-state index in [2.05, 4.69) is 20.2 Å². The van der Waals surface area contributed by atoms with Crippen LogP contribution in [0.2, 0.25) is 0 Å². The number of hydrogen-bond acceptors (Lipinski definition) is 6. The Labute approximate surface area is 162 Å². The molecule has 0 spiro atoms. The highest BCUT2D eigenvalue weighted by atomic mass is 16.1. The molecule has 0 atom stereocenters. The molecule has 0 unspecified atom stereocenters. The van der Waals surface area contributed by atoms with Gasteiger partial charge in [-0.25, -0.2) is 4.98 Å². The predicted octanol–water partition coefficient (Wildman–Crippen LogP) is 1.84. The van der Waals surface area contributed by atoms with Gasteiger partial charge >= 0.3 is 0 Å². The molecule has 2 aromatic heterocycles. The Morgan fingerprint density at radius 2 is 1.86 bits per heavy atom. The van der Waals surface area contributed by atoms with E-state index in [4.69, 9.17) is 11.1 Å². The molecule has 1 saturated heterocycles. The van der Waals surface area contributed by atoms with Crippen LogP contribution in [0.4, 0.5) is 11.5 Å². The summed E-state index contributed by atoms with van der Waals surface area (Å²) in [7, 11) is 0. The second-order valence-corrected chi connectivity index (χ2v) is 6.76. The number of nitrogens with zero attached hydrogens (tertiary/aromatic N) is 2. The molecule has 1 aromatic carbocycles. The number of nitrogens with one attached hydrogen (secondary N) is 3. The molecule has 0 aliphatic carbocycles. The number of hydrogen-bond donors (Lipinski definition) is 4. The SMILES string of the molecule is N=C(c1ccnc(N2CCNCC2)c1)c1cc(-c2cc[nH]c(=O)c2)ccc1N. The van der Waals surface area contributed by atoms with Gasteiger partial charge in [-0.3, -0.25) is 10.2 Å². The molecule has 5 N–H and O–H groups in total. The summed E-state index contributed by atoms with van der Waals surface area (Å²) < 4.78 is 0. The summed E-state index contributed by atoms with van der Waals surface area (Å²) in [5.74, 6) is 0.869. The fourth-order valence-electron chi connectivity index (χ4n) is 3.37. The molecule has 4 rings (SSSR count). The predicted molar refractivity (Wildman–Crippen MR) is 112 cm³/mol. The Hall–Kier alpha value is -3.45. The molecular weight excluding hydrogens is 352 g/mol. The van der Waals surface area contributed by atoms with Crippen molar-refractivity contribution in [2.24, 2.45) is 0 Å². The van der Waals surface area contributed by atoms with Crippen LogP contribution in [0.15, 0.2) is 59.7 Å². The van der Waals surface area contributed by atoms with Gasteiger partial charge in [0.15, 0.2) is 0 Å². The van der Waals surface area contributed by atoms with Crippen molar-refractivity contribution in [3.63, 3.8) is 0 Å². The lowest BCUT2D eigenvalue weighted by molar-refractivity contribution is 0.585. The number of nitrogen functional groups attached to an aromatic ring is 1. The van der Waals surface area contributed by atoms with Crippen molar-refractivity contribution in [2.45, 2.75) is 0 Å². The van der Waals surface area contributed by atoms with E-state index >= 15 is 0 Å². The van der Waals surface area contributed by atoms with E-state index in [-0.39, 0.29) is 5.56 Å². The third kappa shape index (κ3) is 3.65. The summed E-state index contributed by atoms with van der Waals surface area (Å²) in [4.78, 5) is 20.9. The summed E-state index contributed by atoms with van der Waals surface area (Å²) in [6, 6.07) is 12.6. The molecule has 1 aliphatic heterocycles. The Morgan fingerprint density at radius 3 is 2.64 bits per heavy atom. The van der Waals surface area contributed by atoms with Crippen LogP contribution in [-0.4, -0.2) is 41.9 Å². The molecule has 7 nitrogen and oxygen atoms in total. The highest BCUT2D eigenvalue weighted by molar-refractivity contribution is 6.14. The monoisotopic (exact) mass is 374 g/mol. The molecule has 142 valence electrons. The minimum absolute atomic E-state index is 0.166. The fourth-order valence-corrected chi connectivity index (χ4v) is 3.37. The molecule has 28 heavy (non-hydrogen) atoms. The van der Waals surface area contributed by atoms with E-state index in [0.29, 0.717) is 17.0 Å². The Bertz CT molecular complexity index is 1070. The first-order valence-electron chi connectivity index (χ1n) is 9.21. The van der Waals surface area contributed by atoms with Gasteiger partial charge in [0, 0.05) is 61.5 Å². The van der Waals surface area contributed by atoms with Crippen LogP contribution in [0.1, 0.15) is 11.1 Å². The average molecular weight is 374 g/mol. The van der Waals surface area contributed by atoms with Gasteiger partial charge in [0.2, 0.25) is 5.56 Å². The van der Waals surface area contributed by atoms with Crippen LogP contribution in [0.25, 0.3) is 11.1 Å². The van der Waals surface area contributed by atoms with E-state index in [1.807, 2.05) is 30.3 Å².